The lowest BCUT2D eigenvalue weighted by Gasteiger charge is -2.23. The number of pyridine rings is 1. The van der Waals surface area contributed by atoms with Gasteiger partial charge in [0.1, 0.15) is 0 Å². The second kappa shape index (κ2) is 7.91. The van der Waals surface area contributed by atoms with E-state index in [0.717, 1.165) is 19.5 Å². The van der Waals surface area contributed by atoms with Crippen molar-refractivity contribution >= 4 is 0 Å². The summed E-state index contributed by atoms with van der Waals surface area (Å²) in [4.78, 5) is 6.42. The van der Waals surface area contributed by atoms with Crippen LogP contribution in [-0.4, -0.2) is 30.5 Å². The smallest absolute Gasteiger partial charge is 0.0332 e. The monoisotopic (exact) mass is 283 g/mol. The predicted octanol–water partition coefficient (Wildman–Crippen LogP) is 3.17. The molecule has 1 atom stereocenters. The van der Waals surface area contributed by atoms with Gasteiger partial charge in [0.05, 0.1) is 0 Å². The summed E-state index contributed by atoms with van der Waals surface area (Å²) < 4.78 is 0. The SMILES string of the molecule is CNC(CCN(C)Cc1ccncc1)c1ccccc1C. The molecule has 3 nitrogen and oxygen atoms in total. The molecule has 0 radical (unpaired) electrons. The van der Waals surface area contributed by atoms with Crippen molar-refractivity contribution in [2.24, 2.45) is 0 Å². The van der Waals surface area contributed by atoms with Crippen LogP contribution >= 0.6 is 0 Å². The fourth-order valence-electron chi connectivity index (χ4n) is 2.66. The van der Waals surface area contributed by atoms with Crippen LogP contribution in [0.4, 0.5) is 0 Å². The molecule has 0 amide bonds. The summed E-state index contributed by atoms with van der Waals surface area (Å²) in [6.07, 6.45) is 4.81. The van der Waals surface area contributed by atoms with Crippen molar-refractivity contribution in [1.82, 2.24) is 15.2 Å². The molecule has 1 heterocycles. The second-order valence-electron chi connectivity index (χ2n) is 5.58. The molecular weight excluding hydrogens is 258 g/mol. The van der Waals surface area contributed by atoms with Gasteiger partial charge in [0.25, 0.3) is 0 Å². The summed E-state index contributed by atoms with van der Waals surface area (Å²) in [6, 6.07) is 13.2. The number of benzene rings is 1. The standard InChI is InChI=1S/C18H25N3/c1-15-6-4-5-7-17(15)18(19-2)10-13-21(3)14-16-8-11-20-12-9-16/h4-9,11-12,18-19H,10,13-14H2,1-3H3. The maximum absolute atomic E-state index is 4.06. The summed E-state index contributed by atoms with van der Waals surface area (Å²) in [5.41, 5.74) is 4.07. The third-order valence-corrected chi connectivity index (χ3v) is 3.91. The first kappa shape index (κ1) is 15.7. The van der Waals surface area contributed by atoms with Gasteiger partial charge in [-0.25, -0.2) is 0 Å². The van der Waals surface area contributed by atoms with E-state index in [1.54, 1.807) is 0 Å². The quantitative estimate of drug-likeness (QED) is 0.846. The lowest BCUT2D eigenvalue weighted by atomic mass is 9.99. The van der Waals surface area contributed by atoms with Crippen molar-refractivity contribution < 1.29 is 0 Å². The zero-order chi connectivity index (χ0) is 15.1. The van der Waals surface area contributed by atoms with E-state index in [9.17, 15) is 0 Å². The largest absolute Gasteiger partial charge is 0.313 e. The first-order valence-electron chi connectivity index (χ1n) is 7.51. The lowest BCUT2D eigenvalue weighted by Crippen LogP contribution is -2.25. The second-order valence-corrected chi connectivity index (χ2v) is 5.58. The van der Waals surface area contributed by atoms with Crippen molar-refractivity contribution in [3.8, 4) is 0 Å². The molecule has 2 aromatic rings. The van der Waals surface area contributed by atoms with Crippen LogP contribution in [0.5, 0.6) is 0 Å². The fourth-order valence-corrected chi connectivity index (χ4v) is 2.66. The topological polar surface area (TPSA) is 28.2 Å². The van der Waals surface area contributed by atoms with Crippen LogP contribution in [0.1, 0.15) is 29.2 Å². The minimum atomic E-state index is 0.408. The van der Waals surface area contributed by atoms with Crippen LogP contribution in [0.3, 0.4) is 0 Å². The Morgan fingerprint density at radius 2 is 1.86 bits per heavy atom. The predicted molar refractivity (Wildman–Crippen MR) is 88.2 cm³/mol. The average Bonchev–Trinajstić information content (AvgIpc) is 2.50. The highest BCUT2D eigenvalue weighted by Crippen LogP contribution is 2.20. The Labute approximate surface area is 128 Å². The van der Waals surface area contributed by atoms with Crippen molar-refractivity contribution in [2.75, 3.05) is 20.6 Å². The van der Waals surface area contributed by atoms with Crippen LogP contribution in [0, 0.1) is 6.92 Å². The Balaban J connectivity index is 1.90. The molecule has 0 spiro atoms. The van der Waals surface area contributed by atoms with Crippen LogP contribution in [-0.2, 0) is 6.54 Å². The van der Waals surface area contributed by atoms with Crippen molar-refractivity contribution in [2.45, 2.75) is 25.9 Å². The molecule has 0 bridgehead atoms. The van der Waals surface area contributed by atoms with E-state index in [2.05, 4.69) is 65.6 Å². The number of nitrogens with zero attached hydrogens (tertiary/aromatic N) is 2. The van der Waals surface area contributed by atoms with Crippen molar-refractivity contribution in [3.63, 3.8) is 0 Å². The van der Waals surface area contributed by atoms with Gasteiger partial charge in [0.15, 0.2) is 0 Å². The van der Waals surface area contributed by atoms with Gasteiger partial charge in [-0.3, -0.25) is 4.98 Å². The highest BCUT2D eigenvalue weighted by atomic mass is 15.1. The van der Waals surface area contributed by atoms with Gasteiger partial charge in [-0.05, 0) is 62.8 Å². The Morgan fingerprint density at radius 3 is 2.52 bits per heavy atom. The van der Waals surface area contributed by atoms with Gasteiger partial charge in [0, 0.05) is 25.0 Å². The highest BCUT2D eigenvalue weighted by molar-refractivity contribution is 5.28. The lowest BCUT2D eigenvalue weighted by molar-refractivity contribution is 0.303. The molecular formula is C18H25N3. The summed E-state index contributed by atoms with van der Waals surface area (Å²) in [5.74, 6) is 0. The first-order chi connectivity index (χ1) is 10.2. The van der Waals surface area contributed by atoms with Crippen molar-refractivity contribution in [3.05, 3.63) is 65.5 Å². The van der Waals surface area contributed by atoms with Gasteiger partial charge in [-0.15, -0.1) is 0 Å². The Morgan fingerprint density at radius 1 is 1.14 bits per heavy atom. The molecule has 1 aromatic heterocycles. The molecule has 1 N–H and O–H groups in total. The molecule has 0 aliphatic carbocycles. The highest BCUT2D eigenvalue weighted by Gasteiger charge is 2.12. The van der Waals surface area contributed by atoms with Crippen LogP contribution in [0.25, 0.3) is 0 Å². The number of rotatable bonds is 7. The van der Waals surface area contributed by atoms with E-state index < -0.39 is 0 Å². The fraction of sp³-hybridized carbons (Fsp3) is 0.389. The summed E-state index contributed by atoms with van der Waals surface area (Å²) in [6.45, 7) is 4.20. The minimum Gasteiger partial charge on any atom is -0.313 e. The average molecular weight is 283 g/mol. The van der Waals surface area contributed by atoms with E-state index >= 15 is 0 Å². The van der Waals surface area contributed by atoms with E-state index in [1.807, 2.05) is 19.4 Å². The Hall–Kier alpha value is -1.71. The van der Waals surface area contributed by atoms with E-state index in [1.165, 1.54) is 16.7 Å². The molecule has 0 saturated carbocycles. The molecule has 0 aliphatic rings. The maximum atomic E-state index is 4.06. The molecule has 21 heavy (non-hydrogen) atoms. The number of hydrogen-bond acceptors (Lipinski definition) is 3. The van der Waals surface area contributed by atoms with Gasteiger partial charge in [-0.1, -0.05) is 24.3 Å². The molecule has 3 heteroatoms. The normalized spacial score (nSPS) is 12.6. The summed E-state index contributed by atoms with van der Waals surface area (Å²) in [5, 5.41) is 3.44. The van der Waals surface area contributed by atoms with E-state index in [4.69, 9.17) is 0 Å². The van der Waals surface area contributed by atoms with Crippen molar-refractivity contribution in [1.29, 1.82) is 0 Å². The van der Waals surface area contributed by atoms with E-state index in [-0.39, 0.29) is 0 Å². The molecule has 0 fully saturated rings. The number of aromatic nitrogens is 1. The molecule has 2 rings (SSSR count). The Kier molecular flexibility index (Phi) is 5.90. The van der Waals surface area contributed by atoms with Gasteiger partial charge in [-0.2, -0.15) is 0 Å². The third kappa shape index (κ3) is 4.66. The maximum Gasteiger partial charge on any atom is 0.0332 e. The Bertz CT molecular complexity index is 539. The number of nitrogens with one attached hydrogen (secondary N) is 1. The molecule has 0 saturated heterocycles. The third-order valence-electron chi connectivity index (χ3n) is 3.91. The summed E-state index contributed by atoms with van der Waals surface area (Å²) in [7, 11) is 4.21. The molecule has 112 valence electrons. The van der Waals surface area contributed by atoms with Crippen LogP contribution in [0.2, 0.25) is 0 Å². The van der Waals surface area contributed by atoms with Gasteiger partial charge >= 0.3 is 0 Å². The number of hydrogen-bond donors (Lipinski definition) is 1. The van der Waals surface area contributed by atoms with Crippen LogP contribution < -0.4 is 5.32 Å². The van der Waals surface area contributed by atoms with Gasteiger partial charge in [0.2, 0.25) is 0 Å². The van der Waals surface area contributed by atoms with Crippen LogP contribution in [0.15, 0.2) is 48.8 Å². The zero-order valence-corrected chi connectivity index (χ0v) is 13.2. The summed E-state index contributed by atoms with van der Waals surface area (Å²) >= 11 is 0. The number of aryl methyl sites for hydroxylation is 1. The molecule has 1 unspecified atom stereocenters. The minimum absolute atomic E-state index is 0.408. The van der Waals surface area contributed by atoms with Gasteiger partial charge < -0.3 is 10.2 Å². The molecule has 1 aromatic carbocycles. The first-order valence-corrected chi connectivity index (χ1v) is 7.51. The molecule has 0 aliphatic heterocycles. The zero-order valence-electron chi connectivity index (χ0n) is 13.2. The van der Waals surface area contributed by atoms with E-state index in [0.29, 0.717) is 6.04 Å².